The van der Waals surface area contributed by atoms with Crippen molar-refractivity contribution in [3.8, 4) is 0 Å². The molecular weight excluding hydrogens is 332 g/mol. The quantitative estimate of drug-likeness (QED) is 0.416. The minimum absolute atomic E-state index is 0.243. The first kappa shape index (κ1) is 18.2. The number of aliphatic hydroxyl groups is 4. The highest BCUT2D eigenvalue weighted by molar-refractivity contribution is 5.73. The molecule has 0 saturated carbocycles. The molecular formula is C16H23N2O7+. The van der Waals surface area contributed by atoms with Crippen molar-refractivity contribution in [2.45, 2.75) is 49.2 Å². The second kappa shape index (κ2) is 6.27. The molecule has 3 heterocycles. The third-order valence-electron chi connectivity index (χ3n) is 5.50. The number of quaternary nitrogens is 1. The van der Waals surface area contributed by atoms with Crippen LogP contribution >= 0.6 is 0 Å². The first-order chi connectivity index (χ1) is 11.7. The smallest absolute Gasteiger partial charge is 0.347 e. The number of pyridine rings is 1. The Labute approximate surface area is 144 Å². The summed E-state index contributed by atoms with van der Waals surface area (Å²) in [4.78, 5) is 15.4. The van der Waals surface area contributed by atoms with Crippen LogP contribution in [0.4, 0.5) is 0 Å². The zero-order valence-electron chi connectivity index (χ0n) is 13.8. The van der Waals surface area contributed by atoms with Gasteiger partial charge in [0.15, 0.2) is 12.2 Å². The van der Waals surface area contributed by atoms with Crippen LogP contribution in [0.5, 0.6) is 0 Å². The highest BCUT2D eigenvalue weighted by atomic mass is 16.7. The monoisotopic (exact) mass is 355 g/mol. The lowest BCUT2D eigenvalue weighted by Gasteiger charge is -2.53. The third kappa shape index (κ3) is 2.64. The number of carboxylic acid groups (broad SMARTS) is 1. The van der Waals surface area contributed by atoms with Crippen LogP contribution in [0.15, 0.2) is 24.5 Å². The molecule has 2 aliphatic rings. The molecule has 138 valence electrons. The predicted octanol–water partition coefficient (Wildman–Crippen LogP) is -1.42. The number of hydrogen-bond donors (Lipinski definition) is 5. The summed E-state index contributed by atoms with van der Waals surface area (Å²) in [6, 6.07) is 3.27. The minimum atomic E-state index is -2.39. The molecule has 5 N–H and O–H groups in total. The van der Waals surface area contributed by atoms with Gasteiger partial charge in [-0.3, -0.25) is 14.2 Å². The number of aliphatic carboxylic acids is 1. The van der Waals surface area contributed by atoms with Crippen LogP contribution in [-0.2, 0) is 9.53 Å². The fraction of sp³-hybridized carbons (Fsp3) is 0.625. The zero-order valence-corrected chi connectivity index (χ0v) is 13.8. The Hall–Kier alpha value is -1.62. The van der Waals surface area contributed by atoms with Gasteiger partial charge in [-0.1, -0.05) is 6.07 Å². The van der Waals surface area contributed by atoms with Crippen molar-refractivity contribution in [3.05, 3.63) is 30.1 Å². The summed E-state index contributed by atoms with van der Waals surface area (Å²) < 4.78 is 5.07. The van der Waals surface area contributed by atoms with E-state index in [4.69, 9.17) is 4.74 Å². The Morgan fingerprint density at radius 1 is 1.36 bits per heavy atom. The summed E-state index contributed by atoms with van der Waals surface area (Å²) in [7, 11) is 1.64. The average molecular weight is 355 g/mol. The standard InChI is InChI=1S/C16H22N2O7/c1-18(7-3-5-10(18)9-4-2-6-17-8-9)16(24)14(21)12(20)11(19)13(25-16)15(22)23/h2,4,6,8,10-14,19-21,24H,3,5,7H2,1H3/p+1/t10?,11-,12-,13-,14+,16+,18?/m0/s1. The molecule has 0 amide bonds. The van der Waals surface area contributed by atoms with E-state index in [0.717, 1.165) is 5.56 Å². The predicted molar refractivity (Wildman–Crippen MR) is 82.7 cm³/mol. The molecule has 0 aromatic carbocycles. The molecule has 1 aromatic heterocycles. The Kier molecular flexibility index (Phi) is 4.56. The van der Waals surface area contributed by atoms with Crippen LogP contribution in [0.1, 0.15) is 24.4 Å². The van der Waals surface area contributed by atoms with E-state index in [2.05, 4.69) is 4.98 Å². The third-order valence-corrected chi connectivity index (χ3v) is 5.50. The SMILES string of the molecule is C[N+]1([C@]2(O)O[C@H](C(=O)O)[C@@H](O)[C@H](O)[C@H]2O)CCCC1c1cccnc1. The maximum Gasteiger partial charge on any atom is 0.347 e. The minimum Gasteiger partial charge on any atom is -0.479 e. The molecule has 2 unspecified atom stereocenters. The zero-order chi connectivity index (χ0) is 18.4. The number of hydrogen-bond acceptors (Lipinski definition) is 7. The maximum absolute atomic E-state index is 11.4. The van der Waals surface area contributed by atoms with Gasteiger partial charge in [0.2, 0.25) is 0 Å². The van der Waals surface area contributed by atoms with Gasteiger partial charge in [0.1, 0.15) is 18.2 Å². The number of likely N-dealkylation sites (N-methyl/N-ethyl adjacent to an activating group) is 1. The van der Waals surface area contributed by atoms with Crippen molar-refractivity contribution in [2.75, 3.05) is 13.6 Å². The van der Waals surface area contributed by atoms with Crippen molar-refractivity contribution in [3.63, 3.8) is 0 Å². The van der Waals surface area contributed by atoms with Crippen molar-refractivity contribution in [1.29, 1.82) is 0 Å². The number of rotatable bonds is 3. The molecule has 0 spiro atoms. The molecule has 3 rings (SSSR count). The van der Waals surface area contributed by atoms with Gasteiger partial charge in [0, 0.05) is 30.8 Å². The summed E-state index contributed by atoms with van der Waals surface area (Å²) in [6.07, 6.45) is -2.81. The van der Waals surface area contributed by atoms with Gasteiger partial charge in [-0.15, -0.1) is 0 Å². The molecule has 1 aromatic rings. The van der Waals surface area contributed by atoms with Crippen LogP contribution in [0.3, 0.4) is 0 Å². The summed E-state index contributed by atoms with van der Waals surface area (Å²) in [5, 5.41) is 50.9. The molecule has 25 heavy (non-hydrogen) atoms. The molecule has 0 bridgehead atoms. The second-order valence-corrected chi connectivity index (χ2v) is 6.90. The van der Waals surface area contributed by atoms with Crippen LogP contribution < -0.4 is 0 Å². The summed E-state index contributed by atoms with van der Waals surface area (Å²) in [5.41, 5.74) is 0.805. The van der Waals surface area contributed by atoms with E-state index in [9.17, 15) is 30.3 Å². The lowest BCUT2D eigenvalue weighted by molar-refractivity contribution is -1.03. The average Bonchev–Trinajstić information content (AvgIpc) is 3.00. The van der Waals surface area contributed by atoms with E-state index in [0.29, 0.717) is 19.4 Å². The van der Waals surface area contributed by atoms with Crippen molar-refractivity contribution >= 4 is 5.97 Å². The summed E-state index contributed by atoms with van der Waals surface area (Å²) in [6.45, 7) is 0.391. The molecule has 0 aliphatic carbocycles. The Balaban J connectivity index is 2.03. The van der Waals surface area contributed by atoms with Crippen LogP contribution in [0.2, 0.25) is 0 Å². The van der Waals surface area contributed by atoms with Crippen molar-refractivity contribution in [2.24, 2.45) is 0 Å². The van der Waals surface area contributed by atoms with Crippen molar-refractivity contribution in [1.82, 2.24) is 4.98 Å². The van der Waals surface area contributed by atoms with Crippen LogP contribution in [-0.4, -0.2) is 84.9 Å². The van der Waals surface area contributed by atoms with E-state index in [-0.39, 0.29) is 10.5 Å². The number of aromatic nitrogens is 1. The number of nitrogens with zero attached hydrogens (tertiary/aromatic N) is 2. The molecule has 2 fully saturated rings. The van der Waals surface area contributed by atoms with Gasteiger partial charge < -0.3 is 25.5 Å². The number of ether oxygens (including phenoxy) is 1. The van der Waals surface area contributed by atoms with Gasteiger partial charge >= 0.3 is 11.9 Å². The molecule has 0 radical (unpaired) electrons. The van der Waals surface area contributed by atoms with E-state index in [1.807, 2.05) is 6.07 Å². The Morgan fingerprint density at radius 2 is 2.08 bits per heavy atom. The van der Waals surface area contributed by atoms with Crippen LogP contribution in [0.25, 0.3) is 0 Å². The van der Waals surface area contributed by atoms with Gasteiger partial charge in [-0.2, -0.15) is 0 Å². The molecule has 9 nitrogen and oxygen atoms in total. The van der Waals surface area contributed by atoms with Gasteiger partial charge in [0.05, 0.1) is 13.6 Å². The highest BCUT2D eigenvalue weighted by Crippen LogP contribution is 2.47. The highest BCUT2D eigenvalue weighted by Gasteiger charge is 2.67. The van der Waals surface area contributed by atoms with E-state index >= 15 is 0 Å². The Morgan fingerprint density at radius 3 is 2.68 bits per heavy atom. The van der Waals surface area contributed by atoms with E-state index < -0.39 is 36.3 Å². The largest absolute Gasteiger partial charge is 0.479 e. The number of likely N-dealkylation sites (tertiary alicyclic amines) is 1. The van der Waals surface area contributed by atoms with Gasteiger partial charge in [-0.05, 0) is 6.07 Å². The topological polar surface area (TPSA) is 140 Å². The number of carboxylic acids is 1. The summed E-state index contributed by atoms with van der Waals surface area (Å²) in [5.74, 6) is -3.92. The lowest BCUT2D eigenvalue weighted by Crippen LogP contribution is -2.77. The molecule has 2 aliphatic heterocycles. The first-order valence-corrected chi connectivity index (χ1v) is 8.15. The fourth-order valence-electron chi connectivity index (χ4n) is 4.04. The maximum atomic E-state index is 11.4. The fourth-order valence-corrected chi connectivity index (χ4v) is 4.04. The first-order valence-electron chi connectivity index (χ1n) is 8.15. The number of aliphatic hydroxyl groups excluding tert-OH is 3. The Bertz CT molecular complexity index is 645. The number of carbonyl (C=O) groups is 1. The van der Waals surface area contributed by atoms with E-state index in [1.165, 1.54) is 0 Å². The summed E-state index contributed by atoms with van der Waals surface area (Å²) >= 11 is 0. The van der Waals surface area contributed by atoms with Crippen molar-refractivity contribution < 1.29 is 39.5 Å². The van der Waals surface area contributed by atoms with Crippen LogP contribution in [0, 0.1) is 0 Å². The van der Waals surface area contributed by atoms with Gasteiger partial charge in [0.25, 0.3) is 0 Å². The van der Waals surface area contributed by atoms with Gasteiger partial charge in [-0.25, -0.2) is 4.79 Å². The second-order valence-electron chi connectivity index (χ2n) is 6.90. The molecule has 7 atom stereocenters. The lowest BCUT2D eigenvalue weighted by atomic mass is 9.93. The molecule has 9 heteroatoms. The molecule has 2 saturated heterocycles. The van der Waals surface area contributed by atoms with E-state index in [1.54, 1.807) is 25.5 Å². The normalized spacial score (nSPS) is 44.6.